The zero-order valence-electron chi connectivity index (χ0n) is 22.4. The second-order valence-corrected chi connectivity index (χ2v) is 10.8. The summed E-state index contributed by atoms with van der Waals surface area (Å²) in [6.45, 7) is 6.63. The molecule has 0 aliphatic rings. The van der Waals surface area contributed by atoms with Crippen molar-refractivity contribution in [2.45, 2.75) is 26.2 Å². The molecule has 1 heterocycles. The molecule has 0 aliphatic heterocycles. The largest absolute Gasteiger partial charge is 0.416 e. The maximum Gasteiger partial charge on any atom is 0.249 e. The first-order valence-corrected chi connectivity index (χ1v) is 13.3. The minimum Gasteiger partial charge on any atom is -0.416 e. The number of rotatable bonds is 5. The van der Waals surface area contributed by atoms with Gasteiger partial charge < -0.3 is 4.42 Å². The molecule has 0 amide bonds. The standard InChI is InChI=1S/C36H30N2O/c1-36(2,3)30-23-21-29(22-24-30)34-37-38-35(39-34)33-31(27-13-8-5-9-14-27)15-10-16-32(33)28-19-17-26(18-20-28)25-11-6-4-7-12-25/h4-24H,1-3H3. The summed E-state index contributed by atoms with van der Waals surface area (Å²) in [6, 6.07) is 44.2. The monoisotopic (exact) mass is 506 g/mol. The maximum absolute atomic E-state index is 6.38. The highest BCUT2D eigenvalue weighted by molar-refractivity contribution is 5.92. The Hall–Kier alpha value is -4.76. The molecule has 0 fully saturated rings. The van der Waals surface area contributed by atoms with Crippen LogP contribution in [0.15, 0.2) is 132 Å². The summed E-state index contributed by atoms with van der Waals surface area (Å²) >= 11 is 0. The molecule has 190 valence electrons. The topological polar surface area (TPSA) is 38.9 Å². The van der Waals surface area contributed by atoms with Crippen LogP contribution in [-0.4, -0.2) is 10.2 Å². The molecule has 6 rings (SSSR count). The highest BCUT2D eigenvalue weighted by atomic mass is 16.4. The van der Waals surface area contributed by atoms with Gasteiger partial charge in [0.15, 0.2) is 0 Å². The quantitative estimate of drug-likeness (QED) is 0.234. The van der Waals surface area contributed by atoms with Gasteiger partial charge in [-0.3, -0.25) is 0 Å². The molecule has 0 atom stereocenters. The minimum atomic E-state index is 0.0815. The maximum atomic E-state index is 6.38. The lowest BCUT2D eigenvalue weighted by Crippen LogP contribution is -2.10. The van der Waals surface area contributed by atoms with Gasteiger partial charge in [0, 0.05) is 5.56 Å². The fourth-order valence-electron chi connectivity index (χ4n) is 4.91. The van der Waals surface area contributed by atoms with E-state index in [1.807, 2.05) is 12.1 Å². The van der Waals surface area contributed by atoms with Crippen LogP contribution < -0.4 is 0 Å². The Morgan fingerprint density at radius 2 is 0.897 bits per heavy atom. The third-order valence-corrected chi connectivity index (χ3v) is 7.09. The number of benzene rings is 5. The Bertz CT molecular complexity index is 1690. The van der Waals surface area contributed by atoms with Crippen molar-refractivity contribution in [2.24, 2.45) is 0 Å². The van der Waals surface area contributed by atoms with Crippen molar-refractivity contribution in [1.29, 1.82) is 0 Å². The number of aromatic nitrogens is 2. The minimum absolute atomic E-state index is 0.0815. The number of hydrogen-bond donors (Lipinski definition) is 0. The molecule has 3 nitrogen and oxygen atoms in total. The average Bonchev–Trinajstić information content (AvgIpc) is 3.47. The Labute approximate surface area is 229 Å². The van der Waals surface area contributed by atoms with Gasteiger partial charge in [-0.05, 0) is 56.5 Å². The van der Waals surface area contributed by atoms with Crippen molar-refractivity contribution < 1.29 is 4.42 Å². The first-order chi connectivity index (χ1) is 19.0. The average molecular weight is 507 g/mol. The van der Waals surface area contributed by atoms with Crippen molar-refractivity contribution in [3.63, 3.8) is 0 Å². The van der Waals surface area contributed by atoms with Crippen molar-refractivity contribution in [3.05, 3.63) is 133 Å². The van der Waals surface area contributed by atoms with E-state index in [0.717, 1.165) is 33.4 Å². The number of nitrogens with zero attached hydrogens (tertiary/aromatic N) is 2. The molecule has 1 aromatic heterocycles. The first-order valence-electron chi connectivity index (χ1n) is 13.3. The second-order valence-electron chi connectivity index (χ2n) is 10.8. The van der Waals surface area contributed by atoms with Crippen LogP contribution >= 0.6 is 0 Å². The van der Waals surface area contributed by atoms with E-state index in [4.69, 9.17) is 4.42 Å². The highest BCUT2D eigenvalue weighted by Crippen LogP contribution is 2.40. The van der Waals surface area contributed by atoms with Gasteiger partial charge in [0.25, 0.3) is 0 Å². The van der Waals surface area contributed by atoms with E-state index in [1.165, 1.54) is 16.7 Å². The van der Waals surface area contributed by atoms with Gasteiger partial charge >= 0.3 is 0 Å². The fourth-order valence-corrected chi connectivity index (χ4v) is 4.91. The van der Waals surface area contributed by atoms with Crippen molar-refractivity contribution in [3.8, 4) is 56.3 Å². The summed E-state index contributed by atoms with van der Waals surface area (Å²) in [4.78, 5) is 0. The molecule has 0 N–H and O–H groups in total. The molecule has 0 saturated heterocycles. The first kappa shape index (κ1) is 24.6. The van der Waals surface area contributed by atoms with Gasteiger partial charge in [0.1, 0.15) is 0 Å². The number of hydrogen-bond acceptors (Lipinski definition) is 3. The second kappa shape index (κ2) is 10.2. The van der Waals surface area contributed by atoms with Gasteiger partial charge in [0.2, 0.25) is 11.8 Å². The zero-order valence-corrected chi connectivity index (χ0v) is 22.4. The summed E-state index contributed by atoms with van der Waals surface area (Å²) in [5.41, 5.74) is 9.86. The smallest absolute Gasteiger partial charge is 0.249 e. The molecule has 0 unspecified atom stereocenters. The van der Waals surface area contributed by atoms with Crippen molar-refractivity contribution in [2.75, 3.05) is 0 Å². The summed E-state index contributed by atoms with van der Waals surface area (Å²) in [7, 11) is 0. The van der Waals surface area contributed by atoms with Crippen LogP contribution in [0.2, 0.25) is 0 Å². The van der Waals surface area contributed by atoms with Crippen LogP contribution in [0.5, 0.6) is 0 Å². The van der Waals surface area contributed by atoms with E-state index in [-0.39, 0.29) is 5.41 Å². The van der Waals surface area contributed by atoms with E-state index in [1.54, 1.807) is 0 Å². The van der Waals surface area contributed by atoms with Crippen LogP contribution in [-0.2, 0) is 5.41 Å². The summed E-state index contributed by atoms with van der Waals surface area (Å²) in [6.07, 6.45) is 0. The third kappa shape index (κ3) is 5.04. The molecule has 6 aromatic rings. The van der Waals surface area contributed by atoms with Crippen LogP contribution in [0.25, 0.3) is 56.3 Å². The van der Waals surface area contributed by atoms with E-state index in [9.17, 15) is 0 Å². The molecule has 0 radical (unpaired) electrons. The predicted molar refractivity (Wildman–Crippen MR) is 160 cm³/mol. The van der Waals surface area contributed by atoms with Crippen LogP contribution in [0.4, 0.5) is 0 Å². The van der Waals surface area contributed by atoms with E-state index < -0.39 is 0 Å². The zero-order chi connectivity index (χ0) is 26.8. The molecule has 0 bridgehead atoms. The van der Waals surface area contributed by atoms with Gasteiger partial charge in [-0.1, -0.05) is 136 Å². The van der Waals surface area contributed by atoms with Crippen molar-refractivity contribution >= 4 is 0 Å². The Morgan fingerprint density at radius 3 is 1.49 bits per heavy atom. The van der Waals surface area contributed by atoms with Crippen LogP contribution in [0, 0.1) is 0 Å². The molecule has 3 heteroatoms. The highest BCUT2D eigenvalue weighted by Gasteiger charge is 2.21. The third-order valence-electron chi connectivity index (χ3n) is 7.09. The Morgan fingerprint density at radius 1 is 0.436 bits per heavy atom. The lowest BCUT2D eigenvalue weighted by molar-refractivity contribution is 0.582. The Kier molecular flexibility index (Phi) is 6.42. The molecule has 0 spiro atoms. The van der Waals surface area contributed by atoms with Crippen LogP contribution in [0.3, 0.4) is 0 Å². The van der Waals surface area contributed by atoms with Gasteiger partial charge in [0.05, 0.1) is 5.56 Å². The molecule has 39 heavy (non-hydrogen) atoms. The SMILES string of the molecule is CC(C)(C)c1ccc(-c2nnc(-c3c(-c4ccccc4)cccc3-c3ccc(-c4ccccc4)cc3)o2)cc1. The van der Waals surface area contributed by atoms with E-state index in [2.05, 4.69) is 146 Å². The summed E-state index contributed by atoms with van der Waals surface area (Å²) in [5, 5.41) is 9.02. The summed E-state index contributed by atoms with van der Waals surface area (Å²) < 4.78 is 6.38. The lowest BCUT2D eigenvalue weighted by atomic mass is 9.87. The molecular formula is C36H30N2O. The van der Waals surface area contributed by atoms with Crippen molar-refractivity contribution in [1.82, 2.24) is 10.2 Å². The van der Waals surface area contributed by atoms with E-state index >= 15 is 0 Å². The van der Waals surface area contributed by atoms with Gasteiger partial charge in [-0.15, -0.1) is 10.2 Å². The molecular weight excluding hydrogens is 476 g/mol. The van der Waals surface area contributed by atoms with E-state index in [0.29, 0.717) is 11.8 Å². The summed E-state index contributed by atoms with van der Waals surface area (Å²) in [5.74, 6) is 1.02. The van der Waals surface area contributed by atoms with Gasteiger partial charge in [-0.2, -0.15) is 0 Å². The molecule has 0 aliphatic carbocycles. The Balaban J connectivity index is 1.45. The predicted octanol–water partition coefficient (Wildman–Crippen LogP) is 9.70. The molecule has 5 aromatic carbocycles. The molecule has 0 saturated carbocycles. The normalized spacial score (nSPS) is 11.5. The van der Waals surface area contributed by atoms with Gasteiger partial charge in [-0.25, -0.2) is 0 Å². The lowest BCUT2D eigenvalue weighted by Gasteiger charge is -2.18. The van der Waals surface area contributed by atoms with Crippen LogP contribution in [0.1, 0.15) is 26.3 Å². The fraction of sp³-hybridized carbons (Fsp3) is 0.111.